The molecule has 3 nitrogen and oxygen atoms in total. The van der Waals surface area contributed by atoms with Gasteiger partial charge in [-0.25, -0.2) is 0 Å². The first-order valence-electron chi connectivity index (χ1n) is 3.89. The molecule has 0 saturated heterocycles. The molecule has 1 aliphatic rings. The minimum atomic E-state index is -0.683. The highest BCUT2D eigenvalue weighted by Crippen LogP contribution is 2.26. The molecule has 1 aromatic rings. The summed E-state index contributed by atoms with van der Waals surface area (Å²) in [4.78, 5) is 22.4. The van der Waals surface area contributed by atoms with Crippen molar-refractivity contribution in [3.63, 3.8) is 0 Å². The second-order valence-electron chi connectivity index (χ2n) is 2.91. The van der Waals surface area contributed by atoms with Gasteiger partial charge >= 0.3 is 0 Å². The molecule has 14 heavy (non-hydrogen) atoms. The lowest BCUT2D eigenvalue weighted by Crippen LogP contribution is -2.18. The van der Waals surface area contributed by atoms with Crippen LogP contribution in [0.5, 0.6) is 0 Å². The zero-order chi connectivity index (χ0) is 10.3. The number of aliphatic hydroxyl groups is 1. The Morgan fingerprint density at radius 1 is 1.14 bits per heavy atom. The van der Waals surface area contributed by atoms with Gasteiger partial charge in [0.05, 0.1) is 0 Å². The second-order valence-corrected chi connectivity index (χ2v) is 3.83. The van der Waals surface area contributed by atoms with Gasteiger partial charge in [0.25, 0.3) is 0 Å². The molecule has 0 amide bonds. The van der Waals surface area contributed by atoms with E-state index in [1.165, 1.54) is 6.07 Å². The van der Waals surface area contributed by atoms with Crippen LogP contribution >= 0.6 is 15.9 Å². The molecule has 4 heteroatoms. The van der Waals surface area contributed by atoms with Gasteiger partial charge in [-0.15, -0.1) is 0 Å². The van der Waals surface area contributed by atoms with Crippen molar-refractivity contribution >= 4 is 33.3 Å². The molecular weight excluding hydrogens is 248 g/mol. The number of carbonyl (C=O) groups excluding carboxylic acids is 2. The summed E-state index contributed by atoms with van der Waals surface area (Å²) in [7, 11) is 0. The predicted molar refractivity (Wildman–Crippen MR) is 54.1 cm³/mol. The first-order chi connectivity index (χ1) is 6.59. The van der Waals surface area contributed by atoms with Crippen molar-refractivity contribution in [1.29, 1.82) is 0 Å². The summed E-state index contributed by atoms with van der Waals surface area (Å²) in [5.41, 5.74) is 0.641. The van der Waals surface area contributed by atoms with Gasteiger partial charge in [0, 0.05) is 21.7 Å². The molecule has 1 aliphatic carbocycles. The number of fused-ring (bicyclic) bond motifs is 1. The van der Waals surface area contributed by atoms with Crippen LogP contribution in [0.4, 0.5) is 0 Å². The summed E-state index contributed by atoms with van der Waals surface area (Å²) in [6.45, 7) is 0. The predicted octanol–water partition coefficient (Wildman–Crippen LogP) is 2.11. The van der Waals surface area contributed by atoms with E-state index in [0.717, 1.165) is 10.5 Å². The SMILES string of the molecule is O=C1C=C(O)c2cc(Br)ccc2C1=O. The van der Waals surface area contributed by atoms with E-state index >= 15 is 0 Å². The molecular formula is C10H5BrO3. The van der Waals surface area contributed by atoms with Gasteiger partial charge in [-0.3, -0.25) is 9.59 Å². The number of Topliss-reactive ketones (excluding diaryl/α,β-unsaturated/α-hetero) is 1. The lowest BCUT2D eigenvalue weighted by Gasteiger charge is -2.11. The van der Waals surface area contributed by atoms with Crippen LogP contribution in [0.25, 0.3) is 5.76 Å². The summed E-state index contributed by atoms with van der Waals surface area (Å²) >= 11 is 3.22. The number of ketones is 2. The average molecular weight is 253 g/mol. The minimum absolute atomic E-state index is 0.161. The topological polar surface area (TPSA) is 54.4 Å². The number of aliphatic hydroxyl groups excluding tert-OH is 1. The van der Waals surface area contributed by atoms with Gasteiger partial charge < -0.3 is 5.11 Å². The van der Waals surface area contributed by atoms with E-state index in [-0.39, 0.29) is 11.3 Å². The van der Waals surface area contributed by atoms with E-state index in [1.807, 2.05) is 0 Å². The highest BCUT2D eigenvalue weighted by atomic mass is 79.9. The van der Waals surface area contributed by atoms with Crippen LogP contribution in [0.1, 0.15) is 15.9 Å². The number of hydrogen-bond acceptors (Lipinski definition) is 3. The largest absolute Gasteiger partial charge is 0.507 e. The number of rotatable bonds is 0. The molecule has 0 aromatic heterocycles. The molecule has 0 bridgehead atoms. The molecule has 0 fully saturated rings. The maximum Gasteiger partial charge on any atom is 0.233 e. The van der Waals surface area contributed by atoms with Crippen molar-refractivity contribution in [3.8, 4) is 0 Å². The fourth-order valence-electron chi connectivity index (χ4n) is 1.33. The van der Waals surface area contributed by atoms with Crippen LogP contribution in [-0.2, 0) is 4.79 Å². The van der Waals surface area contributed by atoms with Gasteiger partial charge in [0.2, 0.25) is 11.6 Å². The lowest BCUT2D eigenvalue weighted by molar-refractivity contribution is -0.111. The van der Waals surface area contributed by atoms with Crippen molar-refractivity contribution in [2.45, 2.75) is 0 Å². The Morgan fingerprint density at radius 3 is 2.57 bits per heavy atom. The quantitative estimate of drug-likeness (QED) is 0.720. The van der Waals surface area contributed by atoms with E-state index in [4.69, 9.17) is 0 Å². The highest BCUT2D eigenvalue weighted by molar-refractivity contribution is 9.10. The van der Waals surface area contributed by atoms with Gasteiger partial charge in [0.1, 0.15) is 5.76 Å². The van der Waals surface area contributed by atoms with E-state index < -0.39 is 11.6 Å². The Bertz CT molecular complexity index is 474. The van der Waals surface area contributed by atoms with Crippen LogP contribution < -0.4 is 0 Å². The molecule has 70 valence electrons. The van der Waals surface area contributed by atoms with Crippen LogP contribution in [0.15, 0.2) is 28.7 Å². The molecule has 2 rings (SSSR count). The Morgan fingerprint density at radius 2 is 1.86 bits per heavy atom. The van der Waals surface area contributed by atoms with Crippen molar-refractivity contribution in [3.05, 3.63) is 39.9 Å². The van der Waals surface area contributed by atoms with E-state index in [0.29, 0.717) is 5.56 Å². The molecule has 0 saturated carbocycles. The Hall–Kier alpha value is -1.42. The summed E-state index contributed by atoms with van der Waals surface area (Å²) in [5, 5.41) is 9.44. The molecule has 0 atom stereocenters. The number of benzene rings is 1. The molecule has 0 spiro atoms. The van der Waals surface area contributed by atoms with Crippen LogP contribution in [0.2, 0.25) is 0 Å². The third-order valence-electron chi connectivity index (χ3n) is 1.99. The third-order valence-corrected chi connectivity index (χ3v) is 2.49. The fraction of sp³-hybridized carbons (Fsp3) is 0. The monoisotopic (exact) mass is 252 g/mol. The highest BCUT2D eigenvalue weighted by Gasteiger charge is 2.25. The van der Waals surface area contributed by atoms with Crippen molar-refractivity contribution in [2.24, 2.45) is 0 Å². The zero-order valence-electron chi connectivity index (χ0n) is 6.95. The maximum atomic E-state index is 11.4. The molecule has 1 aromatic carbocycles. The second kappa shape index (κ2) is 3.06. The first kappa shape index (κ1) is 9.15. The van der Waals surface area contributed by atoms with Gasteiger partial charge in [-0.1, -0.05) is 15.9 Å². The van der Waals surface area contributed by atoms with Gasteiger partial charge in [-0.2, -0.15) is 0 Å². The number of allylic oxidation sites excluding steroid dienone is 1. The van der Waals surface area contributed by atoms with Gasteiger partial charge in [-0.05, 0) is 18.2 Å². The van der Waals surface area contributed by atoms with E-state index in [1.54, 1.807) is 12.1 Å². The normalized spacial score (nSPS) is 15.1. The standard InChI is InChI=1S/C10H5BrO3/c11-5-1-2-6-7(3-5)8(12)4-9(13)10(6)14/h1-4,12H. The van der Waals surface area contributed by atoms with Crippen molar-refractivity contribution < 1.29 is 14.7 Å². The third kappa shape index (κ3) is 1.28. The molecule has 0 heterocycles. The average Bonchev–Trinajstić information content (AvgIpc) is 2.14. The van der Waals surface area contributed by atoms with Gasteiger partial charge in [0.15, 0.2) is 0 Å². The minimum Gasteiger partial charge on any atom is -0.507 e. The lowest BCUT2D eigenvalue weighted by atomic mass is 9.94. The Balaban J connectivity index is 2.72. The summed E-state index contributed by atoms with van der Waals surface area (Å²) in [6, 6.07) is 4.77. The Labute approximate surface area is 88.2 Å². The van der Waals surface area contributed by atoms with E-state index in [2.05, 4.69) is 15.9 Å². The fourth-order valence-corrected chi connectivity index (χ4v) is 1.69. The van der Waals surface area contributed by atoms with Crippen LogP contribution in [-0.4, -0.2) is 16.7 Å². The molecule has 1 N–H and O–H groups in total. The molecule has 0 unspecified atom stereocenters. The van der Waals surface area contributed by atoms with E-state index in [9.17, 15) is 14.7 Å². The smallest absolute Gasteiger partial charge is 0.233 e. The number of halogens is 1. The summed E-state index contributed by atoms with van der Waals surface area (Å²) in [5.74, 6) is -1.42. The number of carbonyl (C=O) groups is 2. The van der Waals surface area contributed by atoms with Crippen LogP contribution in [0, 0.1) is 0 Å². The Kier molecular flexibility index (Phi) is 2.00. The van der Waals surface area contributed by atoms with Crippen molar-refractivity contribution in [1.82, 2.24) is 0 Å². The summed E-state index contributed by atoms with van der Waals surface area (Å²) in [6.07, 6.45) is 0.942. The zero-order valence-corrected chi connectivity index (χ0v) is 8.54. The summed E-state index contributed by atoms with van der Waals surface area (Å²) < 4.78 is 0.748. The first-order valence-corrected chi connectivity index (χ1v) is 4.68. The number of hydrogen-bond donors (Lipinski definition) is 1. The molecule has 0 radical (unpaired) electrons. The van der Waals surface area contributed by atoms with Crippen molar-refractivity contribution in [2.75, 3.05) is 0 Å². The molecule has 0 aliphatic heterocycles. The maximum absolute atomic E-state index is 11.4. The van der Waals surface area contributed by atoms with Crippen LogP contribution in [0.3, 0.4) is 0 Å².